The fourth-order valence-electron chi connectivity index (χ4n) is 1.84. The summed E-state index contributed by atoms with van der Waals surface area (Å²) in [6, 6.07) is 5.62. The summed E-state index contributed by atoms with van der Waals surface area (Å²) in [7, 11) is 1.87. The van der Waals surface area contributed by atoms with Crippen LogP contribution in [0.1, 0.15) is 0 Å². The highest BCUT2D eigenvalue weighted by Crippen LogP contribution is 2.30. The topological polar surface area (TPSA) is 98.3 Å². The molecule has 3 aromatic rings. The van der Waals surface area contributed by atoms with Gasteiger partial charge in [-0.05, 0) is 28.1 Å². The fourth-order valence-corrected chi connectivity index (χ4v) is 1.84. The molecule has 2 heterocycles. The molecule has 0 radical (unpaired) electrons. The zero-order chi connectivity index (χ0) is 12.5. The van der Waals surface area contributed by atoms with Crippen molar-refractivity contribution in [2.75, 3.05) is 5.73 Å². The number of rotatable bonds is 2. The van der Waals surface area contributed by atoms with Gasteiger partial charge in [0, 0.05) is 30.1 Å². The number of nitrogens with two attached hydrogens (primary N) is 1. The van der Waals surface area contributed by atoms with E-state index in [2.05, 4.69) is 25.7 Å². The highest BCUT2D eigenvalue weighted by molar-refractivity contribution is 5.82. The van der Waals surface area contributed by atoms with Crippen molar-refractivity contribution in [1.82, 2.24) is 30.4 Å². The Bertz CT molecular complexity index is 669. The Morgan fingerprint density at radius 3 is 2.83 bits per heavy atom. The van der Waals surface area contributed by atoms with Crippen molar-refractivity contribution in [3.63, 3.8) is 0 Å². The summed E-state index contributed by atoms with van der Waals surface area (Å²) in [5.41, 5.74) is 9.30. The van der Waals surface area contributed by atoms with Crippen LogP contribution in [0.5, 0.6) is 0 Å². The maximum Gasteiger partial charge on any atom is 0.180 e. The van der Waals surface area contributed by atoms with Gasteiger partial charge in [-0.3, -0.25) is 4.68 Å². The van der Waals surface area contributed by atoms with Crippen LogP contribution < -0.4 is 5.73 Å². The van der Waals surface area contributed by atoms with Gasteiger partial charge in [0.2, 0.25) is 0 Å². The Balaban J connectivity index is 2.20. The number of nitrogens with zero attached hydrogens (tertiary/aromatic N) is 5. The third-order valence-electron chi connectivity index (χ3n) is 2.66. The molecule has 18 heavy (non-hydrogen) atoms. The molecule has 0 saturated heterocycles. The van der Waals surface area contributed by atoms with Crippen LogP contribution in [0.25, 0.3) is 22.5 Å². The second kappa shape index (κ2) is 3.95. The van der Waals surface area contributed by atoms with E-state index in [0.29, 0.717) is 11.5 Å². The Labute approximate surface area is 103 Å². The molecule has 3 N–H and O–H groups in total. The maximum absolute atomic E-state index is 5.81. The lowest BCUT2D eigenvalue weighted by molar-refractivity contribution is 0.768. The third kappa shape index (κ3) is 1.71. The predicted molar refractivity (Wildman–Crippen MR) is 66.2 cm³/mol. The number of hydrogen-bond donors (Lipinski definition) is 2. The minimum absolute atomic E-state index is 0.584. The average molecular weight is 241 g/mol. The molecule has 0 unspecified atom stereocenters. The molecule has 0 amide bonds. The van der Waals surface area contributed by atoms with Crippen molar-refractivity contribution in [3.8, 4) is 22.5 Å². The van der Waals surface area contributed by atoms with Crippen molar-refractivity contribution >= 4 is 5.69 Å². The summed E-state index contributed by atoms with van der Waals surface area (Å²) in [5, 5.41) is 18.0. The summed E-state index contributed by atoms with van der Waals surface area (Å²) < 4.78 is 1.74. The molecule has 0 bridgehead atoms. The Hall–Kier alpha value is -2.70. The van der Waals surface area contributed by atoms with E-state index in [9.17, 15) is 0 Å². The van der Waals surface area contributed by atoms with E-state index in [0.717, 1.165) is 16.7 Å². The SMILES string of the molecule is Cn1cc(-c2ccc(N)cc2-c2nnn[nH]2)cn1. The Morgan fingerprint density at radius 2 is 2.17 bits per heavy atom. The van der Waals surface area contributed by atoms with Gasteiger partial charge in [0.15, 0.2) is 5.82 Å². The second-order valence-electron chi connectivity index (χ2n) is 3.96. The molecule has 1 aromatic carbocycles. The summed E-state index contributed by atoms with van der Waals surface area (Å²) >= 11 is 0. The van der Waals surface area contributed by atoms with Crippen LogP contribution >= 0.6 is 0 Å². The molecule has 0 aliphatic rings. The normalized spacial score (nSPS) is 10.7. The average Bonchev–Trinajstić information content (AvgIpc) is 2.99. The predicted octanol–water partition coefficient (Wildman–Crippen LogP) is 0.849. The van der Waals surface area contributed by atoms with Gasteiger partial charge in [-0.15, -0.1) is 5.10 Å². The van der Waals surface area contributed by atoms with E-state index in [-0.39, 0.29) is 0 Å². The molecular formula is C11H11N7. The number of anilines is 1. The van der Waals surface area contributed by atoms with Gasteiger partial charge in [0.1, 0.15) is 0 Å². The minimum atomic E-state index is 0.584. The molecule has 0 aliphatic heterocycles. The summed E-state index contributed by atoms with van der Waals surface area (Å²) in [5.74, 6) is 0.584. The molecule has 0 spiro atoms. The van der Waals surface area contributed by atoms with E-state index >= 15 is 0 Å². The molecule has 0 saturated carbocycles. The van der Waals surface area contributed by atoms with E-state index in [1.165, 1.54) is 0 Å². The number of aromatic nitrogens is 6. The number of aryl methyl sites for hydroxylation is 1. The fraction of sp³-hybridized carbons (Fsp3) is 0.0909. The van der Waals surface area contributed by atoms with Crippen LogP contribution in [0, 0.1) is 0 Å². The quantitative estimate of drug-likeness (QED) is 0.648. The molecule has 0 fully saturated rings. The van der Waals surface area contributed by atoms with Gasteiger partial charge in [0.25, 0.3) is 0 Å². The van der Waals surface area contributed by atoms with Gasteiger partial charge in [0.05, 0.1) is 6.20 Å². The van der Waals surface area contributed by atoms with Crippen molar-refractivity contribution in [3.05, 3.63) is 30.6 Å². The largest absolute Gasteiger partial charge is 0.399 e. The van der Waals surface area contributed by atoms with E-state index < -0.39 is 0 Å². The number of aromatic amines is 1. The van der Waals surface area contributed by atoms with Gasteiger partial charge in [-0.2, -0.15) is 5.10 Å². The van der Waals surface area contributed by atoms with Gasteiger partial charge in [-0.1, -0.05) is 6.07 Å². The first kappa shape index (κ1) is 10.5. The first-order valence-corrected chi connectivity index (χ1v) is 5.36. The molecule has 3 rings (SSSR count). The van der Waals surface area contributed by atoms with Crippen molar-refractivity contribution in [2.24, 2.45) is 7.05 Å². The van der Waals surface area contributed by atoms with Crippen LogP contribution in [0.4, 0.5) is 5.69 Å². The molecule has 7 heteroatoms. The van der Waals surface area contributed by atoms with Crippen molar-refractivity contribution in [2.45, 2.75) is 0 Å². The van der Waals surface area contributed by atoms with Gasteiger partial charge in [-0.25, -0.2) is 5.10 Å². The lowest BCUT2D eigenvalue weighted by Gasteiger charge is -2.05. The smallest absolute Gasteiger partial charge is 0.180 e. The third-order valence-corrected chi connectivity index (χ3v) is 2.66. The number of nitrogen functional groups attached to an aromatic ring is 1. The maximum atomic E-state index is 5.81. The van der Waals surface area contributed by atoms with Crippen LogP contribution in [-0.2, 0) is 7.05 Å². The summed E-state index contributed by atoms with van der Waals surface area (Å²) in [6.07, 6.45) is 3.72. The second-order valence-corrected chi connectivity index (χ2v) is 3.96. The monoisotopic (exact) mass is 241 g/mol. The Morgan fingerprint density at radius 1 is 1.28 bits per heavy atom. The summed E-state index contributed by atoms with van der Waals surface area (Å²) in [4.78, 5) is 0. The number of hydrogen-bond acceptors (Lipinski definition) is 5. The number of nitrogens with one attached hydrogen (secondary N) is 1. The van der Waals surface area contributed by atoms with E-state index in [4.69, 9.17) is 5.73 Å². The zero-order valence-electron chi connectivity index (χ0n) is 9.70. The molecule has 7 nitrogen and oxygen atoms in total. The number of H-pyrrole nitrogens is 1. The molecule has 0 aliphatic carbocycles. The van der Waals surface area contributed by atoms with Crippen LogP contribution in [-0.4, -0.2) is 30.4 Å². The molecule has 2 aromatic heterocycles. The van der Waals surface area contributed by atoms with Crippen LogP contribution in [0.3, 0.4) is 0 Å². The highest BCUT2D eigenvalue weighted by atomic mass is 15.5. The number of tetrazole rings is 1. The van der Waals surface area contributed by atoms with E-state index in [1.54, 1.807) is 10.9 Å². The molecular weight excluding hydrogens is 230 g/mol. The standard InChI is InChI=1S/C11H11N7/c1-18-6-7(5-13-18)9-3-2-8(12)4-10(9)11-14-16-17-15-11/h2-6H,12H2,1H3,(H,14,15,16,17). The van der Waals surface area contributed by atoms with Gasteiger partial charge < -0.3 is 5.73 Å². The number of benzene rings is 1. The molecule has 0 atom stereocenters. The first-order chi connectivity index (χ1) is 8.74. The van der Waals surface area contributed by atoms with Crippen LogP contribution in [0.15, 0.2) is 30.6 Å². The lowest BCUT2D eigenvalue weighted by atomic mass is 10.0. The van der Waals surface area contributed by atoms with Crippen molar-refractivity contribution < 1.29 is 0 Å². The van der Waals surface area contributed by atoms with E-state index in [1.807, 2.05) is 31.4 Å². The van der Waals surface area contributed by atoms with Gasteiger partial charge >= 0.3 is 0 Å². The minimum Gasteiger partial charge on any atom is -0.399 e. The van der Waals surface area contributed by atoms with Crippen molar-refractivity contribution in [1.29, 1.82) is 0 Å². The molecule has 90 valence electrons. The first-order valence-electron chi connectivity index (χ1n) is 5.36. The zero-order valence-corrected chi connectivity index (χ0v) is 9.70. The van der Waals surface area contributed by atoms with Crippen LogP contribution in [0.2, 0.25) is 0 Å². The highest BCUT2D eigenvalue weighted by Gasteiger charge is 2.12. The Kier molecular flexibility index (Phi) is 2.30. The lowest BCUT2D eigenvalue weighted by Crippen LogP contribution is -1.91. The summed E-state index contributed by atoms with van der Waals surface area (Å²) in [6.45, 7) is 0.